The van der Waals surface area contributed by atoms with Crippen molar-refractivity contribution in [3.05, 3.63) is 27.7 Å². The predicted octanol–water partition coefficient (Wildman–Crippen LogP) is 4.23. The smallest absolute Gasteiger partial charge is 0.0400 e. The lowest BCUT2D eigenvalue weighted by molar-refractivity contribution is 0.988. The number of hydrogen-bond acceptors (Lipinski definition) is 2. The number of thioether (sulfide) groups is 1. The van der Waals surface area contributed by atoms with Gasteiger partial charge < -0.3 is 5.32 Å². The summed E-state index contributed by atoms with van der Waals surface area (Å²) in [5, 5.41) is 3.51. The van der Waals surface area contributed by atoms with Crippen LogP contribution in [0.25, 0.3) is 0 Å². The second-order valence-corrected chi connectivity index (χ2v) is 5.59. The van der Waals surface area contributed by atoms with Gasteiger partial charge in [-0.1, -0.05) is 15.9 Å². The van der Waals surface area contributed by atoms with Crippen molar-refractivity contribution in [2.45, 2.75) is 20.3 Å². The van der Waals surface area contributed by atoms with E-state index in [1.807, 2.05) is 11.8 Å². The molecule has 0 aliphatic rings. The quantitative estimate of drug-likeness (QED) is 0.814. The lowest BCUT2D eigenvalue weighted by atomic mass is 10.1. The van der Waals surface area contributed by atoms with Crippen LogP contribution in [0.2, 0.25) is 0 Å². The minimum atomic E-state index is 1.06. The summed E-state index contributed by atoms with van der Waals surface area (Å²) in [6, 6.07) is 4.31. The molecule has 0 amide bonds. The Bertz CT molecular complexity index is 302. The number of rotatable bonds is 5. The van der Waals surface area contributed by atoms with Crippen molar-refractivity contribution in [1.82, 2.24) is 0 Å². The highest BCUT2D eigenvalue weighted by Gasteiger charge is 2.02. The van der Waals surface area contributed by atoms with Gasteiger partial charge in [-0.15, -0.1) is 0 Å². The van der Waals surface area contributed by atoms with E-state index < -0.39 is 0 Å². The summed E-state index contributed by atoms with van der Waals surface area (Å²) in [6.45, 7) is 5.35. The Balaban J connectivity index is 2.60. The molecule has 1 nitrogen and oxygen atoms in total. The molecular weight excluding hydrogens is 270 g/mol. The van der Waals surface area contributed by atoms with E-state index in [0.717, 1.165) is 11.0 Å². The molecule has 1 aromatic rings. The maximum atomic E-state index is 3.51. The van der Waals surface area contributed by atoms with Crippen LogP contribution in [-0.2, 0) is 0 Å². The highest BCUT2D eigenvalue weighted by atomic mass is 79.9. The van der Waals surface area contributed by atoms with Crippen LogP contribution in [0.3, 0.4) is 0 Å². The van der Waals surface area contributed by atoms with Crippen LogP contribution in [0.1, 0.15) is 17.5 Å². The lowest BCUT2D eigenvalue weighted by Gasteiger charge is -2.13. The van der Waals surface area contributed by atoms with E-state index in [1.54, 1.807) is 0 Å². The summed E-state index contributed by atoms with van der Waals surface area (Å²) in [7, 11) is 0. The first-order chi connectivity index (χ1) is 7.15. The van der Waals surface area contributed by atoms with Crippen LogP contribution < -0.4 is 5.32 Å². The molecule has 0 spiro atoms. The van der Waals surface area contributed by atoms with E-state index in [-0.39, 0.29) is 0 Å². The van der Waals surface area contributed by atoms with Gasteiger partial charge in [-0.2, -0.15) is 11.8 Å². The van der Waals surface area contributed by atoms with E-state index in [2.05, 4.69) is 53.5 Å². The van der Waals surface area contributed by atoms with Gasteiger partial charge in [-0.25, -0.2) is 0 Å². The van der Waals surface area contributed by atoms with Crippen LogP contribution in [-0.4, -0.2) is 18.6 Å². The molecule has 1 aromatic carbocycles. The van der Waals surface area contributed by atoms with Crippen molar-refractivity contribution in [2.24, 2.45) is 0 Å². The number of nitrogens with one attached hydrogen (secondary N) is 1. The normalized spacial score (nSPS) is 10.4. The third-order valence-corrected chi connectivity index (χ3v) is 3.48. The largest absolute Gasteiger partial charge is 0.385 e. The second-order valence-electron chi connectivity index (χ2n) is 3.69. The van der Waals surface area contributed by atoms with Gasteiger partial charge in [-0.3, -0.25) is 0 Å². The fraction of sp³-hybridized carbons (Fsp3) is 0.500. The van der Waals surface area contributed by atoms with Crippen molar-refractivity contribution in [1.29, 1.82) is 0 Å². The van der Waals surface area contributed by atoms with Gasteiger partial charge in [0.1, 0.15) is 0 Å². The Labute approximate surface area is 105 Å². The van der Waals surface area contributed by atoms with Gasteiger partial charge >= 0.3 is 0 Å². The second kappa shape index (κ2) is 6.44. The van der Waals surface area contributed by atoms with Gasteiger partial charge in [-0.05, 0) is 55.5 Å². The Morgan fingerprint density at radius 1 is 1.27 bits per heavy atom. The molecule has 0 aliphatic carbocycles. The topological polar surface area (TPSA) is 12.0 Å². The van der Waals surface area contributed by atoms with Gasteiger partial charge in [0.15, 0.2) is 0 Å². The van der Waals surface area contributed by atoms with E-state index in [1.165, 1.54) is 29.0 Å². The molecule has 0 atom stereocenters. The minimum absolute atomic E-state index is 1.06. The lowest BCUT2D eigenvalue weighted by Crippen LogP contribution is -2.05. The summed E-state index contributed by atoms with van der Waals surface area (Å²) in [6.07, 6.45) is 3.37. The number of anilines is 1. The number of aryl methyl sites for hydroxylation is 2. The standard InChI is InChI=1S/C12H18BrNS/c1-9-7-11(13)8-10(2)12(9)14-5-4-6-15-3/h7-8,14H,4-6H2,1-3H3. The molecule has 3 heteroatoms. The molecule has 0 bridgehead atoms. The summed E-state index contributed by atoms with van der Waals surface area (Å²) >= 11 is 5.41. The molecule has 0 fully saturated rings. The molecule has 0 radical (unpaired) electrons. The van der Waals surface area contributed by atoms with Gasteiger partial charge in [0.25, 0.3) is 0 Å². The SMILES string of the molecule is CSCCCNc1c(C)cc(Br)cc1C. The maximum Gasteiger partial charge on any atom is 0.0400 e. The Kier molecular flexibility index (Phi) is 5.54. The van der Waals surface area contributed by atoms with Crippen LogP contribution in [0.15, 0.2) is 16.6 Å². The van der Waals surface area contributed by atoms with Crippen molar-refractivity contribution in [3.63, 3.8) is 0 Å². The van der Waals surface area contributed by atoms with E-state index >= 15 is 0 Å². The van der Waals surface area contributed by atoms with Crippen LogP contribution >= 0.6 is 27.7 Å². The summed E-state index contributed by atoms with van der Waals surface area (Å²) in [5.41, 5.74) is 3.91. The van der Waals surface area contributed by atoms with Crippen molar-refractivity contribution >= 4 is 33.4 Å². The molecule has 0 saturated carbocycles. The van der Waals surface area contributed by atoms with Gasteiger partial charge in [0, 0.05) is 16.7 Å². The molecule has 1 rings (SSSR count). The molecule has 0 heterocycles. The molecule has 0 unspecified atom stereocenters. The predicted molar refractivity (Wildman–Crippen MR) is 75.1 cm³/mol. The molecule has 0 aliphatic heterocycles. The average molecular weight is 288 g/mol. The molecule has 1 N–H and O–H groups in total. The number of benzene rings is 1. The van der Waals surface area contributed by atoms with E-state index in [4.69, 9.17) is 0 Å². The molecule has 0 aromatic heterocycles. The number of hydrogen-bond donors (Lipinski definition) is 1. The fourth-order valence-electron chi connectivity index (χ4n) is 1.62. The van der Waals surface area contributed by atoms with E-state index in [9.17, 15) is 0 Å². The average Bonchev–Trinajstić information content (AvgIpc) is 2.15. The minimum Gasteiger partial charge on any atom is -0.385 e. The Morgan fingerprint density at radius 2 is 1.87 bits per heavy atom. The van der Waals surface area contributed by atoms with E-state index in [0.29, 0.717) is 0 Å². The molecule has 0 saturated heterocycles. The zero-order valence-corrected chi connectivity index (χ0v) is 12.0. The first-order valence-electron chi connectivity index (χ1n) is 5.14. The third kappa shape index (κ3) is 4.07. The van der Waals surface area contributed by atoms with Gasteiger partial charge in [0.05, 0.1) is 0 Å². The fourth-order valence-corrected chi connectivity index (χ4v) is 2.74. The summed E-state index contributed by atoms with van der Waals surface area (Å²) < 4.78 is 1.16. The molecular formula is C12H18BrNS. The number of halogens is 1. The highest BCUT2D eigenvalue weighted by molar-refractivity contribution is 9.10. The maximum absolute atomic E-state index is 3.51. The Hall–Kier alpha value is -0.150. The third-order valence-electron chi connectivity index (χ3n) is 2.32. The first kappa shape index (κ1) is 12.9. The van der Waals surface area contributed by atoms with Crippen molar-refractivity contribution in [2.75, 3.05) is 23.9 Å². The highest BCUT2D eigenvalue weighted by Crippen LogP contribution is 2.24. The monoisotopic (exact) mass is 287 g/mol. The van der Waals surface area contributed by atoms with Crippen LogP contribution in [0.4, 0.5) is 5.69 Å². The summed E-state index contributed by atoms with van der Waals surface area (Å²) in [5.74, 6) is 1.22. The van der Waals surface area contributed by atoms with Crippen molar-refractivity contribution < 1.29 is 0 Å². The zero-order valence-electron chi connectivity index (χ0n) is 9.56. The van der Waals surface area contributed by atoms with Gasteiger partial charge in [0.2, 0.25) is 0 Å². The summed E-state index contributed by atoms with van der Waals surface area (Å²) in [4.78, 5) is 0. The zero-order chi connectivity index (χ0) is 11.3. The molecule has 15 heavy (non-hydrogen) atoms. The van der Waals surface area contributed by atoms with Crippen molar-refractivity contribution in [3.8, 4) is 0 Å². The Morgan fingerprint density at radius 3 is 2.40 bits per heavy atom. The van der Waals surface area contributed by atoms with Crippen LogP contribution in [0, 0.1) is 13.8 Å². The molecule has 84 valence electrons. The first-order valence-corrected chi connectivity index (χ1v) is 7.33. The van der Waals surface area contributed by atoms with Crippen LogP contribution in [0.5, 0.6) is 0 Å².